The number of hydrogen-bond donors (Lipinski definition) is 3. The van der Waals surface area contributed by atoms with Crippen LogP contribution < -0.4 is 16.0 Å². The summed E-state index contributed by atoms with van der Waals surface area (Å²) in [5.74, 6) is -0.451. The Bertz CT molecular complexity index is 966. The molecule has 2 aromatic rings. The Labute approximate surface area is 193 Å². The van der Waals surface area contributed by atoms with Gasteiger partial charge in [-0.05, 0) is 62.2 Å². The molecule has 2 aromatic carbocycles. The molecule has 0 heterocycles. The topological polar surface area (TPSA) is 96.5 Å². The van der Waals surface area contributed by atoms with E-state index in [1.165, 1.54) is 6.08 Å². The molecule has 0 spiro atoms. The van der Waals surface area contributed by atoms with Gasteiger partial charge in [0.05, 0.1) is 0 Å². The second-order valence-corrected chi connectivity index (χ2v) is 8.47. The third-order valence-electron chi connectivity index (χ3n) is 4.01. The van der Waals surface area contributed by atoms with Crippen molar-refractivity contribution in [3.63, 3.8) is 0 Å². The molecular formula is C24H28ClN3O4. The fourth-order valence-electron chi connectivity index (χ4n) is 2.55. The highest BCUT2D eigenvalue weighted by molar-refractivity contribution is 6.30. The van der Waals surface area contributed by atoms with Crippen molar-refractivity contribution >= 4 is 41.3 Å². The summed E-state index contributed by atoms with van der Waals surface area (Å²) in [5.41, 5.74) is 1.78. The lowest BCUT2D eigenvalue weighted by molar-refractivity contribution is -0.121. The van der Waals surface area contributed by atoms with E-state index in [1.807, 2.05) is 24.3 Å². The van der Waals surface area contributed by atoms with E-state index in [1.54, 1.807) is 51.1 Å². The number of hydrogen-bond acceptors (Lipinski definition) is 4. The van der Waals surface area contributed by atoms with Gasteiger partial charge < -0.3 is 20.7 Å². The van der Waals surface area contributed by atoms with Crippen molar-refractivity contribution in [3.05, 3.63) is 70.8 Å². The van der Waals surface area contributed by atoms with Gasteiger partial charge in [-0.3, -0.25) is 9.59 Å². The Morgan fingerprint density at radius 3 is 2.41 bits per heavy atom. The molecule has 0 unspecified atom stereocenters. The first-order valence-corrected chi connectivity index (χ1v) is 10.6. The van der Waals surface area contributed by atoms with Crippen LogP contribution in [-0.4, -0.2) is 30.1 Å². The molecule has 0 bridgehead atoms. The first-order valence-electron chi connectivity index (χ1n) is 10.2. The first-order chi connectivity index (χ1) is 15.1. The zero-order valence-electron chi connectivity index (χ0n) is 18.4. The smallest absolute Gasteiger partial charge is 0.407 e. The molecule has 0 radical (unpaired) electrons. The number of carbonyl (C=O) groups is 3. The number of halogens is 1. The minimum atomic E-state index is -0.579. The Balaban J connectivity index is 1.71. The Hall–Kier alpha value is -3.32. The Morgan fingerprint density at radius 1 is 1.03 bits per heavy atom. The molecule has 0 atom stereocenters. The second kappa shape index (κ2) is 11.9. The summed E-state index contributed by atoms with van der Waals surface area (Å²) < 4.78 is 5.11. The van der Waals surface area contributed by atoms with Crippen LogP contribution in [0, 0.1) is 0 Å². The van der Waals surface area contributed by atoms with Gasteiger partial charge >= 0.3 is 6.09 Å². The van der Waals surface area contributed by atoms with Crippen molar-refractivity contribution in [1.82, 2.24) is 10.6 Å². The summed E-state index contributed by atoms with van der Waals surface area (Å²) >= 11 is 5.93. The summed E-state index contributed by atoms with van der Waals surface area (Å²) in [6.07, 6.45) is 2.71. The van der Waals surface area contributed by atoms with Gasteiger partial charge in [0.2, 0.25) is 11.8 Å². The highest BCUT2D eigenvalue weighted by Crippen LogP contribution is 2.13. The van der Waals surface area contributed by atoms with Gasteiger partial charge in [-0.25, -0.2) is 4.79 Å². The molecule has 0 aliphatic carbocycles. The highest BCUT2D eigenvalue weighted by atomic mass is 35.5. The van der Waals surface area contributed by atoms with E-state index < -0.39 is 11.7 Å². The first kappa shape index (κ1) is 24.9. The largest absolute Gasteiger partial charge is 0.444 e. The normalized spacial score (nSPS) is 11.1. The molecule has 32 heavy (non-hydrogen) atoms. The molecule has 3 N–H and O–H groups in total. The maximum atomic E-state index is 12.1. The van der Waals surface area contributed by atoms with Gasteiger partial charge in [0.1, 0.15) is 5.60 Å². The summed E-state index contributed by atoms with van der Waals surface area (Å²) in [7, 11) is 0. The SMILES string of the molecule is CC(C)(C)OC(=O)NCCC(=O)NCc1ccc(NC(=O)/C=C/c2cccc(Cl)c2)cc1. The molecule has 0 saturated carbocycles. The van der Waals surface area contributed by atoms with E-state index in [0.717, 1.165) is 11.1 Å². The standard InChI is InChI=1S/C24H28ClN3O4/c1-24(2,3)32-23(31)26-14-13-21(29)27-16-18-7-10-20(11-8-18)28-22(30)12-9-17-5-4-6-19(25)15-17/h4-12,15H,13-14,16H2,1-3H3,(H,26,31)(H,27,29)(H,28,30)/b12-9+. The van der Waals surface area contributed by atoms with Crippen LogP contribution in [0.5, 0.6) is 0 Å². The van der Waals surface area contributed by atoms with Gasteiger partial charge in [0.15, 0.2) is 0 Å². The molecule has 0 saturated heterocycles. The zero-order valence-corrected chi connectivity index (χ0v) is 19.2. The number of anilines is 1. The van der Waals surface area contributed by atoms with Gasteiger partial charge in [-0.1, -0.05) is 35.9 Å². The molecule has 8 heteroatoms. The minimum Gasteiger partial charge on any atom is -0.444 e. The lowest BCUT2D eigenvalue weighted by Gasteiger charge is -2.19. The second-order valence-electron chi connectivity index (χ2n) is 8.03. The molecule has 3 amide bonds. The number of alkyl carbamates (subject to hydrolysis) is 1. The molecule has 0 aliphatic rings. The van der Waals surface area contributed by atoms with Crippen LogP contribution in [0.2, 0.25) is 5.02 Å². The van der Waals surface area contributed by atoms with E-state index >= 15 is 0 Å². The maximum Gasteiger partial charge on any atom is 0.407 e. The van der Waals surface area contributed by atoms with Crippen LogP contribution in [0.1, 0.15) is 38.3 Å². The molecule has 0 fully saturated rings. The summed E-state index contributed by atoms with van der Waals surface area (Å²) in [6.45, 7) is 5.85. The van der Waals surface area contributed by atoms with Crippen LogP contribution in [0.4, 0.5) is 10.5 Å². The number of nitrogens with one attached hydrogen (secondary N) is 3. The monoisotopic (exact) mass is 457 g/mol. The predicted octanol–water partition coefficient (Wildman–Crippen LogP) is 4.52. The number of amides is 3. The van der Waals surface area contributed by atoms with Crippen molar-refractivity contribution in [2.75, 3.05) is 11.9 Å². The zero-order chi connectivity index (χ0) is 23.6. The summed E-state index contributed by atoms with van der Waals surface area (Å²) in [4.78, 5) is 35.5. The molecule has 0 aromatic heterocycles. The van der Waals surface area contributed by atoms with Gasteiger partial charge in [-0.2, -0.15) is 0 Å². The van der Waals surface area contributed by atoms with Crippen LogP contribution in [0.15, 0.2) is 54.6 Å². The van der Waals surface area contributed by atoms with Gasteiger partial charge in [0.25, 0.3) is 0 Å². The highest BCUT2D eigenvalue weighted by Gasteiger charge is 2.15. The van der Waals surface area contributed by atoms with Gasteiger partial charge in [-0.15, -0.1) is 0 Å². The van der Waals surface area contributed by atoms with Crippen LogP contribution >= 0.6 is 11.6 Å². The quantitative estimate of drug-likeness (QED) is 0.507. The Morgan fingerprint density at radius 2 is 1.75 bits per heavy atom. The van der Waals surface area contributed by atoms with Crippen LogP contribution in [0.3, 0.4) is 0 Å². The van der Waals surface area contributed by atoms with E-state index in [-0.39, 0.29) is 24.8 Å². The van der Waals surface area contributed by atoms with E-state index in [4.69, 9.17) is 16.3 Å². The molecule has 0 aliphatic heterocycles. The molecule has 2 rings (SSSR count). The molecular weight excluding hydrogens is 430 g/mol. The van der Waals surface area contributed by atoms with Crippen molar-refractivity contribution in [3.8, 4) is 0 Å². The third kappa shape index (κ3) is 10.1. The minimum absolute atomic E-state index is 0.145. The van der Waals surface area contributed by atoms with E-state index in [9.17, 15) is 14.4 Å². The van der Waals surface area contributed by atoms with Crippen molar-refractivity contribution in [1.29, 1.82) is 0 Å². The summed E-state index contributed by atoms with van der Waals surface area (Å²) in [6, 6.07) is 14.4. The van der Waals surface area contributed by atoms with Gasteiger partial charge in [0, 0.05) is 36.3 Å². The molecule has 7 nitrogen and oxygen atoms in total. The predicted molar refractivity (Wildman–Crippen MR) is 126 cm³/mol. The molecule has 170 valence electrons. The average molecular weight is 458 g/mol. The van der Waals surface area contributed by atoms with E-state index in [0.29, 0.717) is 17.3 Å². The number of benzene rings is 2. The number of ether oxygens (including phenoxy) is 1. The lowest BCUT2D eigenvalue weighted by Crippen LogP contribution is -2.35. The number of rotatable bonds is 8. The van der Waals surface area contributed by atoms with Crippen LogP contribution in [0.25, 0.3) is 6.08 Å². The maximum absolute atomic E-state index is 12.1. The van der Waals surface area contributed by atoms with Crippen molar-refractivity contribution in [2.24, 2.45) is 0 Å². The lowest BCUT2D eigenvalue weighted by atomic mass is 10.2. The fourth-order valence-corrected chi connectivity index (χ4v) is 2.75. The van der Waals surface area contributed by atoms with Crippen molar-refractivity contribution < 1.29 is 19.1 Å². The fraction of sp³-hybridized carbons (Fsp3) is 0.292. The number of carbonyl (C=O) groups excluding carboxylic acids is 3. The Kier molecular flexibility index (Phi) is 9.28. The van der Waals surface area contributed by atoms with E-state index in [2.05, 4.69) is 16.0 Å². The van der Waals surface area contributed by atoms with Crippen molar-refractivity contribution in [2.45, 2.75) is 39.3 Å². The average Bonchev–Trinajstić information content (AvgIpc) is 2.70. The third-order valence-corrected chi connectivity index (χ3v) is 4.24. The summed E-state index contributed by atoms with van der Waals surface area (Å²) in [5, 5.41) is 8.71. The van der Waals surface area contributed by atoms with Crippen LogP contribution in [-0.2, 0) is 20.9 Å².